The van der Waals surface area contributed by atoms with Crippen molar-refractivity contribution in [3.8, 4) is 5.75 Å². The van der Waals surface area contributed by atoms with Crippen LogP contribution in [0, 0.1) is 27.7 Å². The SMILES string of the molecule is COc1ccc(N(c2ccc(/C=C/C=C(c3ccc(C)cc3)c3ccc(C)cc3)cc2)c2ccc(/C=C/C=C(c3ccc(C)cc3)c3ccc(C)cc3)cc2)cc1. The lowest BCUT2D eigenvalue weighted by Crippen LogP contribution is -2.09. The quantitative estimate of drug-likeness (QED) is 0.116. The van der Waals surface area contributed by atoms with Crippen molar-refractivity contribution in [2.24, 2.45) is 0 Å². The molecular weight excluding hydrogens is 691 g/mol. The van der Waals surface area contributed by atoms with Gasteiger partial charge in [0.15, 0.2) is 0 Å². The molecule has 0 heterocycles. The van der Waals surface area contributed by atoms with E-state index in [1.54, 1.807) is 7.11 Å². The van der Waals surface area contributed by atoms with Gasteiger partial charge in [-0.05, 0) is 121 Å². The minimum absolute atomic E-state index is 0.826. The molecule has 0 N–H and O–H groups in total. The van der Waals surface area contributed by atoms with E-state index in [0.29, 0.717) is 0 Å². The third kappa shape index (κ3) is 9.86. The smallest absolute Gasteiger partial charge is 0.119 e. The van der Waals surface area contributed by atoms with Crippen LogP contribution < -0.4 is 9.64 Å². The Morgan fingerprint density at radius 1 is 0.368 bits per heavy atom. The number of aryl methyl sites for hydroxylation is 4. The maximum atomic E-state index is 5.49. The number of anilines is 3. The van der Waals surface area contributed by atoms with Crippen molar-refractivity contribution in [1.29, 1.82) is 0 Å². The molecule has 0 bridgehead atoms. The predicted octanol–water partition coefficient (Wildman–Crippen LogP) is 14.7. The highest BCUT2D eigenvalue weighted by molar-refractivity contribution is 5.83. The van der Waals surface area contributed by atoms with Crippen LogP contribution in [0.25, 0.3) is 23.3 Å². The van der Waals surface area contributed by atoms with Gasteiger partial charge in [0.05, 0.1) is 7.11 Å². The average molecular weight is 740 g/mol. The highest BCUT2D eigenvalue weighted by Gasteiger charge is 2.13. The number of methoxy groups -OCH3 is 1. The predicted molar refractivity (Wildman–Crippen MR) is 245 cm³/mol. The van der Waals surface area contributed by atoms with Gasteiger partial charge in [-0.1, -0.05) is 180 Å². The van der Waals surface area contributed by atoms with Crippen molar-refractivity contribution in [3.63, 3.8) is 0 Å². The van der Waals surface area contributed by atoms with Crippen LogP contribution in [0.1, 0.15) is 55.6 Å². The molecule has 0 unspecified atom stereocenters. The third-order valence-electron chi connectivity index (χ3n) is 10.2. The van der Waals surface area contributed by atoms with Gasteiger partial charge < -0.3 is 9.64 Å². The number of nitrogens with zero attached hydrogens (tertiary/aromatic N) is 1. The zero-order valence-electron chi connectivity index (χ0n) is 33.5. The summed E-state index contributed by atoms with van der Waals surface area (Å²) in [5, 5.41) is 0. The molecule has 57 heavy (non-hydrogen) atoms. The number of hydrogen-bond acceptors (Lipinski definition) is 2. The van der Waals surface area contributed by atoms with Crippen LogP contribution >= 0.6 is 0 Å². The Balaban J connectivity index is 1.15. The number of rotatable bonds is 12. The average Bonchev–Trinajstić information content (AvgIpc) is 3.24. The van der Waals surface area contributed by atoms with Gasteiger partial charge in [-0.25, -0.2) is 0 Å². The molecule has 0 radical (unpaired) electrons. The maximum Gasteiger partial charge on any atom is 0.119 e. The number of benzene rings is 7. The van der Waals surface area contributed by atoms with Gasteiger partial charge >= 0.3 is 0 Å². The Bertz CT molecular complexity index is 2240. The summed E-state index contributed by atoms with van der Waals surface area (Å²) in [6.07, 6.45) is 13.1. The molecule has 0 atom stereocenters. The van der Waals surface area contributed by atoms with Gasteiger partial charge in [0.1, 0.15) is 5.75 Å². The first-order valence-corrected chi connectivity index (χ1v) is 19.5. The molecule has 0 fully saturated rings. The van der Waals surface area contributed by atoms with Gasteiger partial charge in [-0.2, -0.15) is 0 Å². The normalized spacial score (nSPS) is 11.1. The van der Waals surface area contributed by atoms with Crippen molar-refractivity contribution in [3.05, 3.63) is 250 Å². The van der Waals surface area contributed by atoms with E-state index in [-0.39, 0.29) is 0 Å². The van der Waals surface area contributed by atoms with Crippen molar-refractivity contribution < 1.29 is 4.74 Å². The van der Waals surface area contributed by atoms with E-state index in [0.717, 1.165) is 33.9 Å². The van der Waals surface area contributed by atoms with E-state index >= 15 is 0 Å². The van der Waals surface area contributed by atoms with Crippen molar-refractivity contribution in [2.45, 2.75) is 27.7 Å². The molecule has 0 amide bonds. The summed E-state index contributed by atoms with van der Waals surface area (Å²) in [5.41, 5.74) is 17.6. The molecular formula is C55H49NO. The number of hydrogen-bond donors (Lipinski definition) is 0. The summed E-state index contributed by atoms with van der Waals surface area (Å²) in [4.78, 5) is 2.28. The molecule has 0 saturated carbocycles. The third-order valence-corrected chi connectivity index (χ3v) is 10.2. The Hall–Kier alpha value is -6.90. The number of ether oxygens (including phenoxy) is 1. The van der Waals surface area contributed by atoms with Gasteiger partial charge in [-0.15, -0.1) is 0 Å². The molecule has 0 saturated heterocycles. The zero-order chi connectivity index (χ0) is 39.6. The molecule has 0 aliphatic heterocycles. The van der Waals surface area contributed by atoms with E-state index in [1.807, 2.05) is 12.1 Å². The highest BCUT2D eigenvalue weighted by atomic mass is 16.5. The fourth-order valence-corrected chi connectivity index (χ4v) is 6.81. The Morgan fingerprint density at radius 3 is 0.930 bits per heavy atom. The van der Waals surface area contributed by atoms with E-state index in [2.05, 4.69) is 227 Å². The second-order valence-electron chi connectivity index (χ2n) is 14.6. The van der Waals surface area contributed by atoms with Crippen LogP contribution in [0.5, 0.6) is 5.75 Å². The van der Waals surface area contributed by atoms with Crippen LogP contribution in [0.4, 0.5) is 17.1 Å². The lowest BCUT2D eigenvalue weighted by Gasteiger charge is -2.26. The molecule has 0 spiro atoms. The molecule has 0 aliphatic rings. The lowest BCUT2D eigenvalue weighted by atomic mass is 9.96. The van der Waals surface area contributed by atoms with Crippen LogP contribution in [-0.2, 0) is 0 Å². The standard InChI is InChI=1S/C55H49NO/c1-40-12-24-46(25-13-40)54(47-26-14-41(2)15-27-47)10-6-8-44-20-32-50(33-21-44)56(52-36-38-53(57-5)39-37-52)51-34-22-45(23-35-51)9-7-11-55(48-28-16-42(3)17-29-48)49-30-18-43(4)19-31-49/h6-39H,1-5H3/b8-6+,9-7+. The number of allylic oxidation sites excluding steroid dienone is 4. The van der Waals surface area contributed by atoms with E-state index < -0.39 is 0 Å². The fourth-order valence-electron chi connectivity index (χ4n) is 6.81. The van der Waals surface area contributed by atoms with Gasteiger partial charge in [0.25, 0.3) is 0 Å². The van der Waals surface area contributed by atoms with Crippen molar-refractivity contribution in [1.82, 2.24) is 0 Å². The topological polar surface area (TPSA) is 12.5 Å². The fraction of sp³-hybridized carbons (Fsp3) is 0.0909. The molecule has 280 valence electrons. The van der Waals surface area contributed by atoms with Gasteiger partial charge in [0.2, 0.25) is 0 Å². The molecule has 0 aromatic heterocycles. The largest absolute Gasteiger partial charge is 0.497 e. The monoisotopic (exact) mass is 739 g/mol. The molecule has 7 rings (SSSR count). The van der Waals surface area contributed by atoms with Crippen molar-refractivity contribution in [2.75, 3.05) is 12.0 Å². The van der Waals surface area contributed by atoms with Crippen LogP contribution in [0.3, 0.4) is 0 Å². The molecule has 0 aliphatic carbocycles. The summed E-state index contributed by atoms with van der Waals surface area (Å²) in [6, 6.07) is 60.7. The first kappa shape index (κ1) is 38.4. The Morgan fingerprint density at radius 2 is 0.649 bits per heavy atom. The molecule has 2 heteroatoms. The maximum absolute atomic E-state index is 5.49. The first-order chi connectivity index (χ1) is 27.8. The second-order valence-corrected chi connectivity index (χ2v) is 14.6. The molecule has 7 aromatic carbocycles. The summed E-state index contributed by atoms with van der Waals surface area (Å²) in [6.45, 7) is 8.50. The Labute approximate surface area is 339 Å². The summed E-state index contributed by atoms with van der Waals surface area (Å²) in [7, 11) is 1.70. The van der Waals surface area contributed by atoms with E-state index in [4.69, 9.17) is 4.74 Å². The van der Waals surface area contributed by atoms with E-state index in [1.165, 1.54) is 55.7 Å². The molecule has 2 nitrogen and oxygen atoms in total. The second kappa shape index (κ2) is 18.2. The highest BCUT2D eigenvalue weighted by Crippen LogP contribution is 2.36. The Kier molecular flexibility index (Phi) is 12.2. The molecule has 7 aromatic rings. The van der Waals surface area contributed by atoms with Gasteiger partial charge in [-0.3, -0.25) is 0 Å². The summed E-state index contributed by atoms with van der Waals surface area (Å²) < 4.78 is 5.49. The van der Waals surface area contributed by atoms with E-state index in [9.17, 15) is 0 Å². The summed E-state index contributed by atoms with van der Waals surface area (Å²) in [5.74, 6) is 0.826. The minimum atomic E-state index is 0.826. The summed E-state index contributed by atoms with van der Waals surface area (Å²) >= 11 is 0. The first-order valence-electron chi connectivity index (χ1n) is 19.5. The lowest BCUT2D eigenvalue weighted by molar-refractivity contribution is 0.415. The van der Waals surface area contributed by atoms with Crippen LogP contribution in [-0.4, -0.2) is 7.11 Å². The van der Waals surface area contributed by atoms with Gasteiger partial charge in [0, 0.05) is 17.1 Å². The minimum Gasteiger partial charge on any atom is -0.497 e. The van der Waals surface area contributed by atoms with Crippen molar-refractivity contribution >= 4 is 40.4 Å². The van der Waals surface area contributed by atoms with Crippen LogP contribution in [0.15, 0.2) is 194 Å². The van der Waals surface area contributed by atoms with Crippen LogP contribution in [0.2, 0.25) is 0 Å². The zero-order valence-corrected chi connectivity index (χ0v) is 33.5.